The van der Waals surface area contributed by atoms with Gasteiger partial charge in [0.15, 0.2) is 0 Å². The van der Waals surface area contributed by atoms with Crippen LogP contribution in [0.4, 0.5) is 0 Å². The molecule has 1 aliphatic heterocycles. The minimum absolute atomic E-state index is 0.164. The number of hydrogen-bond donors (Lipinski definition) is 0. The Hall–Kier alpha value is -1.61. The third-order valence-electron chi connectivity index (χ3n) is 3.65. The predicted molar refractivity (Wildman–Crippen MR) is 80.5 cm³/mol. The lowest BCUT2D eigenvalue weighted by Gasteiger charge is -2.33. The van der Waals surface area contributed by atoms with E-state index in [9.17, 15) is 4.79 Å². The van der Waals surface area contributed by atoms with Crippen molar-refractivity contribution in [3.05, 3.63) is 48.6 Å². The molecule has 0 unspecified atom stereocenters. The number of amides is 1. The molecule has 20 heavy (non-hydrogen) atoms. The number of nitrogens with zero attached hydrogens (tertiary/aromatic N) is 1. The quantitative estimate of drug-likeness (QED) is 0.746. The van der Waals surface area contributed by atoms with Crippen LogP contribution in [0.15, 0.2) is 43.0 Å². The van der Waals surface area contributed by atoms with Crippen LogP contribution in [-0.2, 0) is 16.0 Å². The molecule has 2 rings (SSSR count). The van der Waals surface area contributed by atoms with Crippen LogP contribution >= 0.6 is 0 Å². The number of morpholine rings is 1. The first-order chi connectivity index (χ1) is 9.79. The van der Waals surface area contributed by atoms with Gasteiger partial charge in [0, 0.05) is 19.5 Å². The van der Waals surface area contributed by atoms with E-state index < -0.39 is 0 Å². The fourth-order valence-electron chi connectivity index (χ4n) is 2.48. The highest BCUT2D eigenvalue weighted by Gasteiger charge is 2.23. The first kappa shape index (κ1) is 14.8. The fourth-order valence-corrected chi connectivity index (χ4v) is 2.48. The van der Waals surface area contributed by atoms with Gasteiger partial charge in [0.25, 0.3) is 0 Å². The lowest BCUT2D eigenvalue weighted by atomic mass is 10.1. The number of rotatable bonds is 6. The zero-order chi connectivity index (χ0) is 14.2. The molecule has 0 spiro atoms. The number of hydrogen-bond acceptors (Lipinski definition) is 2. The second-order valence-electron chi connectivity index (χ2n) is 5.18. The third kappa shape index (κ3) is 4.49. The molecule has 1 amide bonds. The average molecular weight is 273 g/mol. The summed E-state index contributed by atoms with van der Waals surface area (Å²) in [5.74, 6) is 0.220. The number of benzene rings is 1. The predicted octanol–water partition coefficient (Wildman–Crippen LogP) is 2.81. The van der Waals surface area contributed by atoms with E-state index in [1.54, 1.807) is 6.08 Å². The number of carbonyl (C=O) groups is 1. The molecular formula is C17H23NO2. The summed E-state index contributed by atoms with van der Waals surface area (Å²) >= 11 is 0. The van der Waals surface area contributed by atoms with Crippen molar-refractivity contribution in [3.8, 4) is 0 Å². The molecule has 0 bridgehead atoms. The molecule has 1 heterocycles. The van der Waals surface area contributed by atoms with Gasteiger partial charge in [0.1, 0.15) is 0 Å². The highest BCUT2D eigenvalue weighted by atomic mass is 16.5. The van der Waals surface area contributed by atoms with Crippen LogP contribution in [0.25, 0.3) is 0 Å². The lowest BCUT2D eigenvalue weighted by molar-refractivity contribution is -0.138. The van der Waals surface area contributed by atoms with Gasteiger partial charge in [-0.3, -0.25) is 4.79 Å². The van der Waals surface area contributed by atoms with E-state index in [1.807, 2.05) is 11.0 Å². The number of aryl methyl sites for hydroxylation is 1. The summed E-state index contributed by atoms with van der Waals surface area (Å²) in [6, 6.07) is 10.4. The van der Waals surface area contributed by atoms with Gasteiger partial charge in [-0.05, 0) is 24.8 Å². The molecule has 1 fully saturated rings. The van der Waals surface area contributed by atoms with Crippen LogP contribution in [0.2, 0.25) is 0 Å². The van der Waals surface area contributed by atoms with Crippen molar-refractivity contribution >= 4 is 5.91 Å². The van der Waals surface area contributed by atoms with Crippen molar-refractivity contribution in [2.45, 2.75) is 31.8 Å². The molecule has 3 heteroatoms. The molecule has 0 N–H and O–H groups in total. The molecule has 3 nitrogen and oxygen atoms in total. The lowest BCUT2D eigenvalue weighted by Crippen LogP contribution is -2.45. The molecule has 1 aromatic carbocycles. The van der Waals surface area contributed by atoms with Crippen molar-refractivity contribution in [2.24, 2.45) is 0 Å². The van der Waals surface area contributed by atoms with Gasteiger partial charge in [-0.1, -0.05) is 36.4 Å². The number of allylic oxidation sites excluding steroid dienone is 1. The van der Waals surface area contributed by atoms with Crippen molar-refractivity contribution < 1.29 is 9.53 Å². The molecule has 0 aliphatic carbocycles. The summed E-state index contributed by atoms with van der Waals surface area (Å²) in [5, 5.41) is 0. The van der Waals surface area contributed by atoms with Gasteiger partial charge < -0.3 is 9.64 Å². The molecule has 1 aromatic rings. The minimum Gasteiger partial charge on any atom is -0.375 e. The summed E-state index contributed by atoms with van der Waals surface area (Å²) in [5.41, 5.74) is 1.33. The standard InChI is InChI=1S/C17H23NO2/c1-2-3-9-17(19)18-12-13-20-16(14-18)11-10-15-7-5-4-6-8-15/h2,4-8,16H,1,3,9-14H2/t16-/m0/s1. The van der Waals surface area contributed by atoms with Gasteiger partial charge in [-0.25, -0.2) is 0 Å². The zero-order valence-corrected chi connectivity index (χ0v) is 12.0. The Bertz CT molecular complexity index is 430. The summed E-state index contributed by atoms with van der Waals surface area (Å²) in [6.45, 7) is 5.76. The van der Waals surface area contributed by atoms with E-state index in [0.717, 1.165) is 32.4 Å². The van der Waals surface area contributed by atoms with E-state index in [2.05, 4.69) is 30.8 Å². The zero-order valence-electron chi connectivity index (χ0n) is 12.0. The smallest absolute Gasteiger partial charge is 0.223 e. The molecular weight excluding hydrogens is 250 g/mol. The van der Waals surface area contributed by atoms with Gasteiger partial charge in [0.05, 0.1) is 12.7 Å². The molecule has 1 atom stereocenters. The maximum atomic E-state index is 12.0. The Labute approximate surface area is 121 Å². The first-order valence-electron chi connectivity index (χ1n) is 7.34. The van der Waals surface area contributed by atoms with Crippen molar-refractivity contribution in [3.63, 3.8) is 0 Å². The molecule has 1 aliphatic rings. The fraction of sp³-hybridized carbons (Fsp3) is 0.471. The van der Waals surface area contributed by atoms with Crippen LogP contribution in [0, 0.1) is 0 Å². The first-order valence-corrected chi connectivity index (χ1v) is 7.34. The Kier molecular flexibility index (Phi) is 5.81. The van der Waals surface area contributed by atoms with E-state index in [-0.39, 0.29) is 12.0 Å². The molecule has 0 radical (unpaired) electrons. The summed E-state index contributed by atoms with van der Waals surface area (Å²) in [6.07, 6.45) is 5.25. The molecule has 0 saturated carbocycles. The van der Waals surface area contributed by atoms with Gasteiger partial charge in [0.2, 0.25) is 5.91 Å². The monoisotopic (exact) mass is 273 g/mol. The Morgan fingerprint density at radius 1 is 1.40 bits per heavy atom. The third-order valence-corrected chi connectivity index (χ3v) is 3.65. The normalized spacial score (nSPS) is 18.8. The SMILES string of the molecule is C=CCCC(=O)N1CCO[C@@H](CCc2ccccc2)C1. The van der Waals surface area contributed by atoms with Crippen LogP contribution in [-0.4, -0.2) is 36.6 Å². The number of ether oxygens (including phenoxy) is 1. The Morgan fingerprint density at radius 2 is 2.20 bits per heavy atom. The van der Waals surface area contributed by atoms with Gasteiger partial charge in [-0.2, -0.15) is 0 Å². The average Bonchev–Trinajstić information content (AvgIpc) is 2.52. The van der Waals surface area contributed by atoms with Crippen LogP contribution < -0.4 is 0 Å². The Morgan fingerprint density at radius 3 is 2.95 bits per heavy atom. The van der Waals surface area contributed by atoms with Gasteiger partial charge >= 0.3 is 0 Å². The summed E-state index contributed by atoms with van der Waals surface area (Å²) < 4.78 is 5.77. The second-order valence-corrected chi connectivity index (χ2v) is 5.18. The largest absolute Gasteiger partial charge is 0.375 e. The van der Waals surface area contributed by atoms with E-state index in [4.69, 9.17) is 4.74 Å². The maximum Gasteiger partial charge on any atom is 0.223 e. The van der Waals surface area contributed by atoms with E-state index in [0.29, 0.717) is 13.0 Å². The maximum absolute atomic E-state index is 12.0. The van der Waals surface area contributed by atoms with Crippen LogP contribution in [0.5, 0.6) is 0 Å². The summed E-state index contributed by atoms with van der Waals surface area (Å²) in [4.78, 5) is 13.9. The van der Waals surface area contributed by atoms with E-state index >= 15 is 0 Å². The van der Waals surface area contributed by atoms with Gasteiger partial charge in [-0.15, -0.1) is 6.58 Å². The summed E-state index contributed by atoms with van der Waals surface area (Å²) in [7, 11) is 0. The molecule has 108 valence electrons. The number of carbonyl (C=O) groups excluding carboxylic acids is 1. The van der Waals surface area contributed by atoms with Crippen LogP contribution in [0.3, 0.4) is 0 Å². The topological polar surface area (TPSA) is 29.5 Å². The van der Waals surface area contributed by atoms with Crippen LogP contribution in [0.1, 0.15) is 24.8 Å². The van der Waals surface area contributed by atoms with E-state index in [1.165, 1.54) is 5.56 Å². The molecule has 1 saturated heterocycles. The Balaban J connectivity index is 1.78. The highest BCUT2D eigenvalue weighted by Crippen LogP contribution is 2.13. The second kappa shape index (κ2) is 7.85. The molecule has 0 aromatic heterocycles. The van der Waals surface area contributed by atoms with Crippen molar-refractivity contribution in [2.75, 3.05) is 19.7 Å². The van der Waals surface area contributed by atoms with Crippen molar-refractivity contribution in [1.82, 2.24) is 4.90 Å². The highest BCUT2D eigenvalue weighted by molar-refractivity contribution is 5.76. The van der Waals surface area contributed by atoms with Crippen molar-refractivity contribution in [1.29, 1.82) is 0 Å². The minimum atomic E-state index is 0.164.